The minimum absolute atomic E-state index is 0.106. The number of esters is 3. The summed E-state index contributed by atoms with van der Waals surface area (Å²) in [5.41, 5.74) is 0. The number of carbonyl (C=O) groups excluding carboxylic acids is 3. The van der Waals surface area contributed by atoms with Crippen LogP contribution >= 0.6 is 0 Å². The third-order valence-corrected chi connectivity index (χ3v) is 10.8. The molecule has 0 radical (unpaired) electrons. The van der Waals surface area contributed by atoms with E-state index in [9.17, 15) is 14.4 Å². The lowest BCUT2D eigenvalue weighted by Crippen LogP contribution is -2.30. The first kappa shape index (κ1) is 60.3. The molecule has 0 aromatic rings. The van der Waals surface area contributed by atoms with Crippen molar-refractivity contribution in [1.29, 1.82) is 0 Å². The van der Waals surface area contributed by atoms with Crippen LogP contribution in [0, 0.1) is 0 Å². The van der Waals surface area contributed by atoms with Gasteiger partial charge in [0.1, 0.15) is 13.2 Å². The van der Waals surface area contributed by atoms with E-state index in [1.165, 1.54) is 89.9 Å². The summed E-state index contributed by atoms with van der Waals surface area (Å²) in [5, 5.41) is 0. The smallest absolute Gasteiger partial charge is 0.306 e. The Morgan fingerprint density at radius 2 is 0.688 bits per heavy atom. The fraction of sp³-hybridized carbons (Fsp3) is 0.672. The molecule has 1 unspecified atom stereocenters. The third kappa shape index (κ3) is 49.3. The van der Waals surface area contributed by atoms with Gasteiger partial charge >= 0.3 is 17.9 Å². The normalized spacial score (nSPS) is 12.9. The Morgan fingerprint density at radius 3 is 1.16 bits per heavy atom. The molecule has 0 aromatic carbocycles. The summed E-state index contributed by atoms with van der Waals surface area (Å²) in [5.74, 6) is -0.986. The topological polar surface area (TPSA) is 78.9 Å². The Kier molecular flexibility index (Phi) is 49.0. The van der Waals surface area contributed by atoms with Crippen LogP contribution in [0.25, 0.3) is 0 Å². The van der Waals surface area contributed by atoms with Crippen molar-refractivity contribution in [2.75, 3.05) is 13.2 Å². The van der Waals surface area contributed by atoms with Crippen LogP contribution in [-0.2, 0) is 28.6 Å². The molecule has 0 amide bonds. The molecule has 0 heterocycles. The van der Waals surface area contributed by atoms with Crippen molar-refractivity contribution in [3.05, 3.63) is 97.2 Å². The number of unbranched alkanes of at least 4 members (excludes halogenated alkanes) is 20. The zero-order chi connectivity index (χ0) is 46.5. The molecule has 6 nitrogen and oxygen atoms in total. The third-order valence-electron chi connectivity index (χ3n) is 10.8. The number of hydrogen-bond acceptors (Lipinski definition) is 6. The SMILES string of the molecule is CC/C=C\C/C=C\C/C=C\C/C=C\C/C=C\CCCC(=O)OC(COC(=O)CCCCCC/C=C\CCCC)COC(=O)CCCCCCCCCCCC/C=C\C=C/CCCCC. The second-order valence-corrected chi connectivity index (χ2v) is 17.1. The van der Waals surface area contributed by atoms with Gasteiger partial charge < -0.3 is 14.2 Å². The van der Waals surface area contributed by atoms with Gasteiger partial charge in [0, 0.05) is 19.3 Å². The van der Waals surface area contributed by atoms with E-state index in [-0.39, 0.29) is 37.5 Å². The number of carbonyl (C=O) groups is 3. The van der Waals surface area contributed by atoms with Crippen molar-refractivity contribution < 1.29 is 28.6 Å². The van der Waals surface area contributed by atoms with E-state index in [0.29, 0.717) is 19.3 Å². The van der Waals surface area contributed by atoms with Gasteiger partial charge in [-0.1, -0.05) is 208 Å². The van der Waals surface area contributed by atoms with Crippen LogP contribution in [0.5, 0.6) is 0 Å². The quantitative estimate of drug-likeness (QED) is 0.0199. The van der Waals surface area contributed by atoms with Crippen molar-refractivity contribution in [2.24, 2.45) is 0 Å². The van der Waals surface area contributed by atoms with E-state index in [1.54, 1.807) is 0 Å². The molecule has 0 saturated heterocycles. The van der Waals surface area contributed by atoms with E-state index in [0.717, 1.165) is 96.3 Å². The zero-order valence-corrected chi connectivity index (χ0v) is 41.5. The summed E-state index contributed by atoms with van der Waals surface area (Å²) < 4.78 is 16.7. The fourth-order valence-electron chi connectivity index (χ4n) is 6.86. The molecule has 0 spiro atoms. The summed E-state index contributed by atoms with van der Waals surface area (Å²) in [6.07, 6.45) is 68.3. The Morgan fingerprint density at radius 1 is 0.344 bits per heavy atom. The van der Waals surface area contributed by atoms with E-state index in [2.05, 4.69) is 118 Å². The molecule has 0 aromatic heterocycles. The van der Waals surface area contributed by atoms with E-state index >= 15 is 0 Å². The summed E-state index contributed by atoms with van der Waals surface area (Å²) in [6.45, 7) is 6.38. The average Bonchev–Trinajstić information content (AvgIpc) is 3.29. The summed E-state index contributed by atoms with van der Waals surface area (Å²) >= 11 is 0. The minimum atomic E-state index is -0.813. The van der Waals surface area contributed by atoms with Crippen molar-refractivity contribution >= 4 is 17.9 Å². The molecule has 0 aliphatic rings. The van der Waals surface area contributed by atoms with Gasteiger partial charge in [-0.05, 0) is 103 Å². The molecule has 364 valence electrons. The van der Waals surface area contributed by atoms with Crippen LogP contribution < -0.4 is 0 Å². The molecular formula is C58H96O6. The van der Waals surface area contributed by atoms with Crippen LogP contribution in [0.3, 0.4) is 0 Å². The standard InChI is InChI=1S/C58H96O6/c1-4-7-10-13-16-19-22-24-26-28-29-31-32-34-36-39-42-45-48-51-57(60)63-54-55(53-62-56(59)50-47-44-41-38-21-18-15-12-9-6-3)64-58(61)52-49-46-43-40-37-35-33-30-27-25-23-20-17-14-11-8-5-2/h8,11,15-20,22,24-25,27,33,35,40,43,55H,4-7,9-10,12-14,21,23,26,28-32,34,36-39,41-42,44-54H2,1-3H3/b11-8-,18-15-,19-16-,20-17-,24-22-,27-25-,35-33-,43-40-. The summed E-state index contributed by atoms with van der Waals surface area (Å²) in [7, 11) is 0. The largest absolute Gasteiger partial charge is 0.462 e. The van der Waals surface area contributed by atoms with Gasteiger partial charge in [-0.3, -0.25) is 14.4 Å². The molecule has 0 bridgehead atoms. The minimum Gasteiger partial charge on any atom is -0.462 e. The van der Waals surface area contributed by atoms with Crippen LogP contribution in [0.2, 0.25) is 0 Å². The average molecular weight is 889 g/mol. The second-order valence-electron chi connectivity index (χ2n) is 17.1. The van der Waals surface area contributed by atoms with E-state index in [4.69, 9.17) is 14.2 Å². The van der Waals surface area contributed by atoms with Crippen molar-refractivity contribution in [1.82, 2.24) is 0 Å². The molecule has 1 atom stereocenters. The summed E-state index contributed by atoms with van der Waals surface area (Å²) in [6, 6.07) is 0. The van der Waals surface area contributed by atoms with Crippen molar-refractivity contribution in [3.63, 3.8) is 0 Å². The highest BCUT2D eigenvalue weighted by atomic mass is 16.6. The number of ether oxygens (including phenoxy) is 3. The lowest BCUT2D eigenvalue weighted by atomic mass is 10.1. The van der Waals surface area contributed by atoms with E-state index < -0.39 is 6.10 Å². The lowest BCUT2D eigenvalue weighted by molar-refractivity contribution is -0.167. The van der Waals surface area contributed by atoms with E-state index in [1.807, 2.05) is 0 Å². The van der Waals surface area contributed by atoms with Gasteiger partial charge in [-0.25, -0.2) is 0 Å². The number of allylic oxidation sites excluding steroid dienone is 16. The first-order valence-corrected chi connectivity index (χ1v) is 26.3. The van der Waals surface area contributed by atoms with Gasteiger partial charge in [0.05, 0.1) is 0 Å². The van der Waals surface area contributed by atoms with Crippen LogP contribution in [0.4, 0.5) is 0 Å². The van der Waals surface area contributed by atoms with Gasteiger partial charge in [0.15, 0.2) is 6.10 Å². The highest BCUT2D eigenvalue weighted by molar-refractivity contribution is 5.71. The highest BCUT2D eigenvalue weighted by Gasteiger charge is 2.19. The van der Waals surface area contributed by atoms with Crippen LogP contribution in [0.15, 0.2) is 97.2 Å². The molecule has 6 heteroatoms. The van der Waals surface area contributed by atoms with Gasteiger partial charge in [0.2, 0.25) is 0 Å². The molecular weight excluding hydrogens is 793 g/mol. The Balaban J connectivity index is 4.44. The predicted molar refractivity (Wildman–Crippen MR) is 274 cm³/mol. The zero-order valence-electron chi connectivity index (χ0n) is 41.5. The summed E-state index contributed by atoms with van der Waals surface area (Å²) in [4.78, 5) is 37.9. The molecule has 0 aliphatic carbocycles. The molecule has 64 heavy (non-hydrogen) atoms. The Hall–Kier alpha value is -3.67. The molecule has 0 rings (SSSR count). The number of hydrogen-bond donors (Lipinski definition) is 0. The Bertz CT molecular complexity index is 1300. The maximum absolute atomic E-state index is 12.8. The van der Waals surface area contributed by atoms with Gasteiger partial charge in [0.25, 0.3) is 0 Å². The van der Waals surface area contributed by atoms with Crippen LogP contribution in [0.1, 0.15) is 233 Å². The van der Waals surface area contributed by atoms with Gasteiger partial charge in [-0.2, -0.15) is 0 Å². The fourth-order valence-corrected chi connectivity index (χ4v) is 6.86. The monoisotopic (exact) mass is 889 g/mol. The second kappa shape index (κ2) is 52.0. The Labute approximate surface area is 394 Å². The maximum atomic E-state index is 12.8. The molecule has 0 fully saturated rings. The van der Waals surface area contributed by atoms with Crippen molar-refractivity contribution in [3.8, 4) is 0 Å². The first-order valence-electron chi connectivity index (χ1n) is 26.3. The molecule has 0 saturated carbocycles. The lowest BCUT2D eigenvalue weighted by Gasteiger charge is -2.18. The maximum Gasteiger partial charge on any atom is 0.306 e. The first-order chi connectivity index (χ1) is 31.5. The van der Waals surface area contributed by atoms with Crippen LogP contribution in [-0.4, -0.2) is 37.2 Å². The molecule has 0 aliphatic heterocycles. The van der Waals surface area contributed by atoms with Crippen molar-refractivity contribution in [2.45, 2.75) is 239 Å². The van der Waals surface area contributed by atoms with Gasteiger partial charge in [-0.15, -0.1) is 0 Å². The molecule has 0 N–H and O–H groups in total. The number of rotatable bonds is 46. The highest BCUT2D eigenvalue weighted by Crippen LogP contribution is 2.14. The predicted octanol–water partition coefficient (Wildman–Crippen LogP) is 17.4.